The number of carbonyl (C=O) groups excluding carboxylic acids is 2. The minimum atomic E-state index is -1.28. The number of ether oxygens (including phenoxy) is 2. The van der Waals surface area contributed by atoms with Gasteiger partial charge in [-0.25, -0.2) is 4.79 Å². The van der Waals surface area contributed by atoms with Crippen LogP contribution in [0.2, 0.25) is 0 Å². The fraction of sp³-hybridized carbons (Fsp3) is 0.333. The lowest BCUT2D eigenvalue weighted by atomic mass is 10.2. The molecule has 6 heteroatoms. The first-order valence-electron chi connectivity index (χ1n) is 5.24. The van der Waals surface area contributed by atoms with Gasteiger partial charge in [-0.15, -0.1) is 0 Å². The molecule has 0 amide bonds. The van der Waals surface area contributed by atoms with E-state index in [1.165, 1.54) is 14.2 Å². The Morgan fingerprint density at radius 2 is 1.89 bits per heavy atom. The molecule has 0 aromatic heterocycles. The van der Waals surface area contributed by atoms with Crippen molar-refractivity contribution >= 4 is 17.4 Å². The van der Waals surface area contributed by atoms with Crippen LogP contribution in [0.5, 0.6) is 0 Å². The molecule has 0 aliphatic carbocycles. The first-order chi connectivity index (χ1) is 8.69. The Bertz CT molecular complexity index is 431. The number of benzene rings is 1. The van der Waals surface area contributed by atoms with Crippen LogP contribution < -0.4 is 0 Å². The molecule has 18 heavy (non-hydrogen) atoms. The number of methoxy groups -OCH3 is 2. The van der Waals surface area contributed by atoms with Crippen LogP contribution in [0.1, 0.15) is 0 Å². The number of hydrogen-bond donors (Lipinski definition) is 0. The summed E-state index contributed by atoms with van der Waals surface area (Å²) in [6.07, 6.45) is 0. The van der Waals surface area contributed by atoms with Gasteiger partial charge in [-0.1, -0.05) is 18.2 Å². The molecular formula is C12H14N2O4. The SMILES string of the molecule is COCC(=O)C(N=Nc1ccccc1)C(=O)OC. The molecule has 96 valence electrons. The molecule has 0 radical (unpaired) electrons. The highest BCUT2D eigenvalue weighted by Crippen LogP contribution is 2.12. The van der Waals surface area contributed by atoms with E-state index in [-0.39, 0.29) is 6.61 Å². The highest BCUT2D eigenvalue weighted by Gasteiger charge is 2.27. The summed E-state index contributed by atoms with van der Waals surface area (Å²) in [6.45, 7) is -0.215. The van der Waals surface area contributed by atoms with Crippen molar-refractivity contribution in [1.29, 1.82) is 0 Å². The van der Waals surface area contributed by atoms with Gasteiger partial charge in [0.2, 0.25) is 6.04 Å². The van der Waals surface area contributed by atoms with Crippen LogP contribution in [0, 0.1) is 0 Å². The van der Waals surface area contributed by atoms with Crippen molar-refractivity contribution in [2.45, 2.75) is 6.04 Å². The first kappa shape index (κ1) is 14.0. The average Bonchev–Trinajstić information content (AvgIpc) is 2.40. The lowest BCUT2D eigenvalue weighted by Gasteiger charge is -2.06. The third-order valence-electron chi connectivity index (χ3n) is 2.06. The number of rotatable bonds is 6. The summed E-state index contributed by atoms with van der Waals surface area (Å²) in [5, 5.41) is 7.53. The van der Waals surface area contributed by atoms with Crippen molar-refractivity contribution in [2.24, 2.45) is 10.2 Å². The molecule has 0 N–H and O–H groups in total. The zero-order valence-electron chi connectivity index (χ0n) is 10.2. The molecule has 0 aliphatic rings. The molecule has 1 aromatic carbocycles. The minimum absolute atomic E-state index is 0.215. The second-order valence-corrected chi connectivity index (χ2v) is 3.38. The zero-order chi connectivity index (χ0) is 13.4. The van der Waals surface area contributed by atoms with Gasteiger partial charge >= 0.3 is 5.97 Å². The van der Waals surface area contributed by atoms with Gasteiger partial charge in [-0.05, 0) is 12.1 Å². The van der Waals surface area contributed by atoms with E-state index in [9.17, 15) is 9.59 Å². The van der Waals surface area contributed by atoms with Gasteiger partial charge in [-0.2, -0.15) is 10.2 Å². The Balaban J connectivity index is 2.82. The number of nitrogens with zero attached hydrogens (tertiary/aromatic N) is 2. The number of Topliss-reactive ketones (excluding diaryl/α,β-unsaturated/α-hetero) is 1. The summed E-state index contributed by atoms with van der Waals surface area (Å²) in [5.74, 6) is -1.25. The first-order valence-corrected chi connectivity index (χ1v) is 5.24. The predicted molar refractivity (Wildman–Crippen MR) is 63.6 cm³/mol. The predicted octanol–water partition coefficient (Wildman–Crippen LogP) is 1.53. The normalized spacial score (nSPS) is 12.3. The van der Waals surface area contributed by atoms with Gasteiger partial charge < -0.3 is 9.47 Å². The lowest BCUT2D eigenvalue weighted by Crippen LogP contribution is -2.31. The summed E-state index contributed by atoms with van der Waals surface area (Å²) >= 11 is 0. The van der Waals surface area contributed by atoms with Crippen molar-refractivity contribution in [3.8, 4) is 0 Å². The van der Waals surface area contributed by atoms with Crippen LogP contribution in [0.3, 0.4) is 0 Å². The van der Waals surface area contributed by atoms with Gasteiger partial charge in [0.25, 0.3) is 0 Å². The van der Waals surface area contributed by atoms with Crippen molar-refractivity contribution in [2.75, 3.05) is 20.8 Å². The zero-order valence-corrected chi connectivity index (χ0v) is 10.2. The molecule has 0 saturated carbocycles. The molecule has 0 fully saturated rings. The summed E-state index contributed by atoms with van der Waals surface area (Å²) in [6, 6.07) is 7.51. The average molecular weight is 250 g/mol. The summed E-state index contributed by atoms with van der Waals surface area (Å²) in [7, 11) is 2.55. The van der Waals surface area contributed by atoms with Crippen LogP contribution >= 0.6 is 0 Å². The maximum absolute atomic E-state index is 11.6. The van der Waals surface area contributed by atoms with Gasteiger partial charge in [-0.3, -0.25) is 4.79 Å². The molecule has 0 saturated heterocycles. The smallest absolute Gasteiger partial charge is 0.340 e. The number of esters is 1. The molecule has 0 spiro atoms. The Labute approximate surface area is 105 Å². The Morgan fingerprint density at radius 1 is 1.22 bits per heavy atom. The van der Waals surface area contributed by atoms with E-state index < -0.39 is 17.8 Å². The van der Waals surface area contributed by atoms with Crippen LogP contribution in [-0.4, -0.2) is 38.6 Å². The molecule has 1 unspecified atom stereocenters. The molecule has 1 rings (SSSR count). The van der Waals surface area contributed by atoms with E-state index in [4.69, 9.17) is 0 Å². The van der Waals surface area contributed by atoms with Crippen molar-refractivity contribution in [3.63, 3.8) is 0 Å². The lowest BCUT2D eigenvalue weighted by molar-refractivity contribution is -0.146. The fourth-order valence-corrected chi connectivity index (χ4v) is 1.19. The summed E-state index contributed by atoms with van der Waals surface area (Å²) in [5.41, 5.74) is 0.552. The largest absolute Gasteiger partial charge is 0.467 e. The van der Waals surface area contributed by atoms with E-state index in [2.05, 4.69) is 19.7 Å². The van der Waals surface area contributed by atoms with Crippen LogP contribution in [0.25, 0.3) is 0 Å². The number of ketones is 1. The van der Waals surface area contributed by atoms with E-state index in [0.29, 0.717) is 5.69 Å². The molecular weight excluding hydrogens is 236 g/mol. The third-order valence-corrected chi connectivity index (χ3v) is 2.06. The van der Waals surface area contributed by atoms with E-state index in [0.717, 1.165) is 0 Å². The molecule has 1 aromatic rings. The third kappa shape index (κ3) is 4.06. The Morgan fingerprint density at radius 3 is 2.44 bits per heavy atom. The summed E-state index contributed by atoms with van der Waals surface area (Å²) < 4.78 is 9.17. The van der Waals surface area contributed by atoms with Crippen molar-refractivity contribution in [3.05, 3.63) is 30.3 Å². The van der Waals surface area contributed by atoms with Crippen molar-refractivity contribution < 1.29 is 19.1 Å². The second kappa shape index (κ2) is 7.29. The van der Waals surface area contributed by atoms with E-state index in [1.807, 2.05) is 6.07 Å². The number of carbonyl (C=O) groups is 2. The monoisotopic (exact) mass is 250 g/mol. The molecule has 0 bridgehead atoms. The highest BCUT2D eigenvalue weighted by atomic mass is 16.5. The molecule has 6 nitrogen and oxygen atoms in total. The quantitative estimate of drug-likeness (QED) is 0.435. The topological polar surface area (TPSA) is 77.3 Å². The van der Waals surface area contributed by atoms with Gasteiger partial charge in [0, 0.05) is 7.11 Å². The van der Waals surface area contributed by atoms with E-state index in [1.54, 1.807) is 24.3 Å². The van der Waals surface area contributed by atoms with Crippen molar-refractivity contribution in [1.82, 2.24) is 0 Å². The summed E-state index contributed by atoms with van der Waals surface area (Å²) in [4.78, 5) is 23.0. The molecule has 1 atom stereocenters. The highest BCUT2D eigenvalue weighted by molar-refractivity contribution is 6.03. The second-order valence-electron chi connectivity index (χ2n) is 3.38. The Kier molecular flexibility index (Phi) is 5.66. The standard InChI is InChI=1S/C12H14N2O4/c1-17-8-10(15)11(12(16)18-2)14-13-9-6-4-3-5-7-9/h3-7,11H,8H2,1-2H3. The van der Waals surface area contributed by atoms with Gasteiger partial charge in [0.1, 0.15) is 6.61 Å². The molecule has 0 aliphatic heterocycles. The number of azo groups is 1. The minimum Gasteiger partial charge on any atom is -0.467 e. The number of hydrogen-bond acceptors (Lipinski definition) is 6. The van der Waals surface area contributed by atoms with Crippen LogP contribution in [0.15, 0.2) is 40.6 Å². The maximum atomic E-state index is 11.6. The van der Waals surface area contributed by atoms with Gasteiger partial charge in [0.15, 0.2) is 5.78 Å². The van der Waals surface area contributed by atoms with Crippen LogP contribution in [-0.2, 0) is 19.1 Å². The Hall–Kier alpha value is -2.08. The van der Waals surface area contributed by atoms with Gasteiger partial charge in [0.05, 0.1) is 12.8 Å². The maximum Gasteiger partial charge on any atom is 0.340 e. The molecule has 0 heterocycles. The fourth-order valence-electron chi connectivity index (χ4n) is 1.19. The van der Waals surface area contributed by atoms with Crippen LogP contribution in [0.4, 0.5) is 5.69 Å². The van der Waals surface area contributed by atoms with E-state index >= 15 is 0 Å².